The molecule has 0 bridgehead atoms. The molecule has 0 aromatic heterocycles. The Labute approximate surface area is 144 Å². The first kappa shape index (κ1) is 17.0. The number of aliphatic hydroxyl groups is 1. The van der Waals surface area contributed by atoms with Gasteiger partial charge in [-0.15, -0.1) is 0 Å². The molecule has 1 aliphatic carbocycles. The second kappa shape index (κ2) is 8.86. The van der Waals surface area contributed by atoms with Crippen molar-refractivity contribution in [3.05, 3.63) is 54.6 Å². The SMILES string of the molecule is OC(CNC1CCCCC1)COc1ccccc1-c1ccccc1. The summed E-state index contributed by atoms with van der Waals surface area (Å²) in [6, 6.07) is 18.8. The van der Waals surface area contributed by atoms with Gasteiger partial charge in [-0.25, -0.2) is 0 Å². The largest absolute Gasteiger partial charge is 0.490 e. The van der Waals surface area contributed by atoms with Gasteiger partial charge >= 0.3 is 0 Å². The molecule has 1 atom stereocenters. The van der Waals surface area contributed by atoms with Gasteiger partial charge in [0.15, 0.2) is 0 Å². The third kappa shape index (κ3) is 4.83. The van der Waals surface area contributed by atoms with E-state index >= 15 is 0 Å². The number of ether oxygens (including phenoxy) is 1. The highest BCUT2D eigenvalue weighted by atomic mass is 16.5. The van der Waals surface area contributed by atoms with Crippen LogP contribution in [0.1, 0.15) is 32.1 Å². The van der Waals surface area contributed by atoms with Gasteiger partial charge in [0, 0.05) is 18.2 Å². The average Bonchev–Trinajstić information content (AvgIpc) is 2.66. The molecule has 2 aromatic carbocycles. The number of benzene rings is 2. The summed E-state index contributed by atoms with van der Waals surface area (Å²) >= 11 is 0. The van der Waals surface area contributed by atoms with Crippen LogP contribution >= 0.6 is 0 Å². The van der Waals surface area contributed by atoms with E-state index in [0.29, 0.717) is 19.2 Å². The molecule has 3 heteroatoms. The molecule has 0 heterocycles. The van der Waals surface area contributed by atoms with Gasteiger partial charge in [0.05, 0.1) is 0 Å². The Bertz CT molecular complexity index is 608. The van der Waals surface area contributed by atoms with E-state index in [2.05, 4.69) is 23.5 Å². The molecule has 1 unspecified atom stereocenters. The minimum absolute atomic E-state index is 0.309. The lowest BCUT2D eigenvalue weighted by Crippen LogP contribution is -2.39. The van der Waals surface area contributed by atoms with Crippen LogP contribution in [-0.4, -0.2) is 30.4 Å². The van der Waals surface area contributed by atoms with Gasteiger partial charge in [-0.05, 0) is 24.5 Å². The molecule has 1 fully saturated rings. The number of nitrogens with one attached hydrogen (secondary N) is 1. The fraction of sp³-hybridized carbons (Fsp3) is 0.429. The lowest BCUT2D eigenvalue weighted by Gasteiger charge is -2.24. The van der Waals surface area contributed by atoms with Crippen LogP contribution in [0.5, 0.6) is 5.75 Å². The summed E-state index contributed by atoms with van der Waals surface area (Å²) in [5.74, 6) is 0.820. The van der Waals surface area contributed by atoms with E-state index in [4.69, 9.17) is 4.74 Å². The molecule has 1 saturated carbocycles. The molecule has 0 amide bonds. The Morgan fingerprint density at radius 2 is 1.67 bits per heavy atom. The molecule has 24 heavy (non-hydrogen) atoms. The summed E-state index contributed by atoms with van der Waals surface area (Å²) in [5.41, 5.74) is 2.19. The van der Waals surface area contributed by atoms with Gasteiger partial charge in [-0.1, -0.05) is 67.8 Å². The van der Waals surface area contributed by atoms with Crippen LogP contribution in [0.4, 0.5) is 0 Å². The maximum Gasteiger partial charge on any atom is 0.127 e. The van der Waals surface area contributed by atoms with E-state index in [1.54, 1.807) is 0 Å². The highest BCUT2D eigenvalue weighted by Crippen LogP contribution is 2.29. The molecule has 0 saturated heterocycles. The number of para-hydroxylation sites is 1. The Morgan fingerprint density at radius 1 is 0.958 bits per heavy atom. The molecule has 2 N–H and O–H groups in total. The van der Waals surface area contributed by atoms with Gasteiger partial charge in [0.2, 0.25) is 0 Å². The minimum Gasteiger partial charge on any atom is -0.490 e. The zero-order chi connectivity index (χ0) is 16.6. The second-order valence-electron chi connectivity index (χ2n) is 6.57. The van der Waals surface area contributed by atoms with Crippen molar-refractivity contribution in [2.75, 3.05) is 13.2 Å². The van der Waals surface area contributed by atoms with Crippen molar-refractivity contribution in [3.63, 3.8) is 0 Å². The lowest BCUT2D eigenvalue weighted by molar-refractivity contribution is 0.102. The minimum atomic E-state index is -0.490. The summed E-state index contributed by atoms with van der Waals surface area (Å²) < 4.78 is 5.90. The summed E-state index contributed by atoms with van der Waals surface area (Å²) in [5, 5.41) is 13.7. The van der Waals surface area contributed by atoms with Crippen LogP contribution in [0, 0.1) is 0 Å². The third-order valence-electron chi connectivity index (χ3n) is 4.65. The Kier molecular flexibility index (Phi) is 6.27. The van der Waals surface area contributed by atoms with Crippen molar-refractivity contribution < 1.29 is 9.84 Å². The van der Waals surface area contributed by atoms with Crippen LogP contribution < -0.4 is 10.1 Å². The highest BCUT2D eigenvalue weighted by molar-refractivity contribution is 5.70. The molecule has 0 aliphatic heterocycles. The predicted molar refractivity (Wildman–Crippen MR) is 98.3 cm³/mol. The first-order valence-corrected chi connectivity index (χ1v) is 9.01. The van der Waals surface area contributed by atoms with Crippen molar-refractivity contribution in [1.29, 1.82) is 0 Å². The molecule has 2 aromatic rings. The Hall–Kier alpha value is -1.84. The number of hydrogen-bond acceptors (Lipinski definition) is 3. The normalized spacial score (nSPS) is 16.7. The molecule has 3 rings (SSSR count). The van der Waals surface area contributed by atoms with Crippen molar-refractivity contribution in [2.45, 2.75) is 44.2 Å². The van der Waals surface area contributed by atoms with Gasteiger partial charge in [-0.3, -0.25) is 0 Å². The Morgan fingerprint density at radius 3 is 2.46 bits per heavy atom. The molecule has 0 spiro atoms. The smallest absolute Gasteiger partial charge is 0.127 e. The second-order valence-corrected chi connectivity index (χ2v) is 6.57. The quantitative estimate of drug-likeness (QED) is 0.808. The first-order valence-electron chi connectivity index (χ1n) is 9.01. The fourth-order valence-corrected chi connectivity index (χ4v) is 3.30. The van der Waals surface area contributed by atoms with Crippen molar-refractivity contribution in [2.24, 2.45) is 0 Å². The van der Waals surface area contributed by atoms with E-state index in [1.165, 1.54) is 32.1 Å². The van der Waals surface area contributed by atoms with Gasteiger partial charge in [0.1, 0.15) is 18.5 Å². The molecular weight excluding hydrogens is 298 g/mol. The zero-order valence-electron chi connectivity index (χ0n) is 14.2. The monoisotopic (exact) mass is 325 g/mol. The van der Waals surface area contributed by atoms with Gasteiger partial charge in [0.25, 0.3) is 0 Å². The number of hydrogen-bond donors (Lipinski definition) is 2. The third-order valence-corrected chi connectivity index (χ3v) is 4.65. The van der Waals surface area contributed by atoms with E-state index in [1.807, 2.05) is 36.4 Å². The maximum atomic E-state index is 10.2. The van der Waals surface area contributed by atoms with E-state index < -0.39 is 6.10 Å². The van der Waals surface area contributed by atoms with Crippen molar-refractivity contribution in [3.8, 4) is 16.9 Å². The number of aliphatic hydroxyl groups excluding tert-OH is 1. The predicted octanol–water partition coefficient (Wildman–Crippen LogP) is 4.02. The lowest BCUT2D eigenvalue weighted by atomic mass is 9.95. The zero-order valence-corrected chi connectivity index (χ0v) is 14.2. The topological polar surface area (TPSA) is 41.5 Å². The van der Waals surface area contributed by atoms with Gasteiger partial charge in [-0.2, -0.15) is 0 Å². The standard InChI is InChI=1S/C21H27NO2/c23-19(15-22-18-11-5-2-6-12-18)16-24-21-14-8-7-13-20(21)17-9-3-1-4-10-17/h1,3-4,7-10,13-14,18-19,22-23H,2,5-6,11-12,15-16H2. The van der Waals surface area contributed by atoms with Crippen LogP contribution in [0.25, 0.3) is 11.1 Å². The van der Waals surface area contributed by atoms with Crippen LogP contribution in [0.15, 0.2) is 54.6 Å². The van der Waals surface area contributed by atoms with E-state index in [-0.39, 0.29) is 0 Å². The highest BCUT2D eigenvalue weighted by Gasteiger charge is 2.15. The first-order chi connectivity index (χ1) is 11.8. The average molecular weight is 325 g/mol. The molecule has 128 valence electrons. The van der Waals surface area contributed by atoms with Crippen LogP contribution in [0.3, 0.4) is 0 Å². The summed E-state index contributed by atoms with van der Waals surface area (Å²) in [6.07, 6.45) is 5.91. The Balaban J connectivity index is 1.53. The van der Waals surface area contributed by atoms with Crippen LogP contribution in [-0.2, 0) is 0 Å². The number of rotatable bonds is 7. The molecule has 1 aliphatic rings. The van der Waals surface area contributed by atoms with Crippen LogP contribution in [0.2, 0.25) is 0 Å². The maximum absolute atomic E-state index is 10.2. The molecule has 3 nitrogen and oxygen atoms in total. The van der Waals surface area contributed by atoms with E-state index in [9.17, 15) is 5.11 Å². The summed E-state index contributed by atoms with van der Waals surface area (Å²) in [4.78, 5) is 0. The van der Waals surface area contributed by atoms with Crippen molar-refractivity contribution in [1.82, 2.24) is 5.32 Å². The molecule has 0 radical (unpaired) electrons. The van der Waals surface area contributed by atoms with Crippen molar-refractivity contribution >= 4 is 0 Å². The fourth-order valence-electron chi connectivity index (χ4n) is 3.30. The molecular formula is C21H27NO2. The summed E-state index contributed by atoms with van der Waals surface area (Å²) in [7, 11) is 0. The summed E-state index contributed by atoms with van der Waals surface area (Å²) in [6.45, 7) is 0.905. The van der Waals surface area contributed by atoms with E-state index in [0.717, 1.165) is 16.9 Å². The van der Waals surface area contributed by atoms with Gasteiger partial charge < -0.3 is 15.2 Å².